The lowest BCUT2D eigenvalue weighted by Gasteiger charge is -2.15. The van der Waals surface area contributed by atoms with E-state index in [9.17, 15) is 0 Å². The van der Waals surface area contributed by atoms with Crippen LogP contribution in [0, 0.1) is 13.8 Å². The van der Waals surface area contributed by atoms with Crippen molar-refractivity contribution in [1.29, 1.82) is 0 Å². The van der Waals surface area contributed by atoms with Gasteiger partial charge in [-0.3, -0.25) is 0 Å². The molecule has 0 bridgehead atoms. The largest absolute Gasteiger partial charge is 0.481 e. The van der Waals surface area contributed by atoms with E-state index < -0.39 is 0 Å². The molecule has 1 atom stereocenters. The first-order chi connectivity index (χ1) is 10.3. The van der Waals surface area contributed by atoms with Crippen LogP contribution < -0.4 is 10.1 Å². The number of nitrogens with zero attached hydrogens (tertiary/aromatic N) is 2. The number of aryl methyl sites for hydroxylation is 3. The second-order valence-electron chi connectivity index (χ2n) is 6.12. The van der Waals surface area contributed by atoms with Crippen LogP contribution in [0.3, 0.4) is 0 Å². The highest BCUT2D eigenvalue weighted by molar-refractivity contribution is 7.12. The van der Waals surface area contributed by atoms with Crippen LogP contribution in [-0.2, 0) is 13.6 Å². The van der Waals surface area contributed by atoms with E-state index >= 15 is 0 Å². The van der Waals surface area contributed by atoms with Crippen molar-refractivity contribution in [2.45, 2.75) is 53.1 Å². The molecule has 0 aliphatic rings. The van der Waals surface area contributed by atoms with Gasteiger partial charge in [0.25, 0.3) is 0 Å². The average Bonchev–Trinajstić information content (AvgIpc) is 2.95. The Labute approximate surface area is 137 Å². The molecule has 0 unspecified atom stereocenters. The number of hydrogen-bond acceptors (Lipinski definition) is 4. The minimum absolute atomic E-state index is 0.315. The standard InChI is InChI=1S/C17H27N3OS/c1-10(2)16-15(17(21-7)20(6)19-16)9-18-12(4)14-8-11(3)22-13(14)5/h8,10,12,18H,9H2,1-7H3/t12-/m1/s1. The lowest BCUT2D eigenvalue weighted by molar-refractivity contribution is 0.367. The molecule has 5 heteroatoms. The van der Waals surface area contributed by atoms with Crippen LogP contribution in [0.15, 0.2) is 6.07 Å². The van der Waals surface area contributed by atoms with Crippen LogP contribution in [0.4, 0.5) is 0 Å². The molecule has 2 rings (SSSR count). The zero-order valence-corrected chi connectivity index (χ0v) is 15.5. The first-order valence-electron chi connectivity index (χ1n) is 7.75. The van der Waals surface area contributed by atoms with Crippen molar-refractivity contribution < 1.29 is 4.74 Å². The Morgan fingerprint density at radius 1 is 1.32 bits per heavy atom. The highest BCUT2D eigenvalue weighted by atomic mass is 32.1. The van der Waals surface area contributed by atoms with Crippen molar-refractivity contribution in [2.24, 2.45) is 7.05 Å². The van der Waals surface area contributed by atoms with Gasteiger partial charge in [0.15, 0.2) is 0 Å². The fourth-order valence-electron chi connectivity index (χ4n) is 2.90. The van der Waals surface area contributed by atoms with Gasteiger partial charge in [-0.25, -0.2) is 4.68 Å². The average molecular weight is 321 g/mol. The van der Waals surface area contributed by atoms with E-state index in [1.807, 2.05) is 23.1 Å². The van der Waals surface area contributed by atoms with Gasteiger partial charge in [0, 0.05) is 29.4 Å². The molecule has 0 aliphatic heterocycles. The van der Waals surface area contributed by atoms with E-state index in [4.69, 9.17) is 4.74 Å². The van der Waals surface area contributed by atoms with Crippen LogP contribution in [0.1, 0.15) is 59.3 Å². The molecule has 2 aromatic heterocycles. The van der Waals surface area contributed by atoms with Gasteiger partial charge in [0.05, 0.1) is 18.4 Å². The van der Waals surface area contributed by atoms with E-state index in [2.05, 4.69) is 51.1 Å². The molecule has 0 saturated carbocycles. The molecule has 4 nitrogen and oxygen atoms in total. The molecule has 2 heterocycles. The number of methoxy groups -OCH3 is 1. The summed E-state index contributed by atoms with van der Waals surface area (Å²) in [4.78, 5) is 2.75. The molecular formula is C17H27N3OS. The van der Waals surface area contributed by atoms with Gasteiger partial charge in [-0.15, -0.1) is 11.3 Å². The summed E-state index contributed by atoms with van der Waals surface area (Å²) in [6, 6.07) is 2.59. The fraction of sp³-hybridized carbons (Fsp3) is 0.588. The van der Waals surface area contributed by atoms with Gasteiger partial charge in [0.2, 0.25) is 5.88 Å². The number of nitrogens with one attached hydrogen (secondary N) is 1. The Morgan fingerprint density at radius 2 is 2.00 bits per heavy atom. The molecule has 0 amide bonds. The summed E-state index contributed by atoms with van der Waals surface area (Å²) in [5.41, 5.74) is 3.66. The quantitative estimate of drug-likeness (QED) is 0.871. The Morgan fingerprint density at radius 3 is 2.50 bits per heavy atom. The summed E-state index contributed by atoms with van der Waals surface area (Å²) in [6.45, 7) is 11.7. The van der Waals surface area contributed by atoms with E-state index in [0.717, 1.165) is 23.7 Å². The summed E-state index contributed by atoms with van der Waals surface area (Å²) >= 11 is 1.86. The number of aromatic nitrogens is 2. The Balaban J connectivity index is 2.19. The zero-order valence-electron chi connectivity index (χ0n) is 14.7. The van der Waals surface area contributed by atoms with E-state index in [1.165, 1.54) is 15.3 Å². The molecule has 0 radical (unpaired) electrons. The van der Waals surface area contributed by atoms with Gasteiger partial charge in [0.1, 0.15) is 0 Å². The monoisotopic (exact) mass is 321 g/mol. The smallest absolute Gasteiger partial charge is 0.216 e. The molecular weight excluding hydrogens is 294 g/mol. The molecule has 0 spiro atoms. The van der Waals surface area contributed by atoms with E-state index in [0.29, 0.717) is 12.0 Å². The summed E-state index contributed by atoms with van der Waals surface area (Å²) in [5, 5.41) is 8.23. The topological polar surface area (TPSA) is 39.1 Å². The number of rotatable bonds is 6. The number of hydrogen-bond donors (Lipinski definition) is 1. The third-order valence-electron chi connectivity index (χ3n) is 3.99. The number of thiophene rings is 1. The van der Waals surface area contributed by atoms with Gasteiger partial charge in [-0.2, -0.15) is 5.10 Å². The zero-order chi connectivity index (χ0) is 16.4. The predicted molar refractivity (Wildman–Crippen MR) is 92.9 cm³/mol. The van der Waals surface area contributed by atoms with Crippen molar-refractivity contribution in [3.05, 3.63) is 32.6 Å². The summed E-state index contributed by atoms with van der Waals surface area (Å²) in [5.74, 6) is 1.23. The third kappa shape index (κ3) is 3.36. The molecule has 2 aromatic rings. The second-order valence-corrected chi connectivity index (χ2v) is 7.58. The van der Waals surface area contributed by atoms with Crippen LogP contribution >= 0.6 is 11.3 Å². The maximum atomic E-state index is 5.54. The minimum Gasteiger partial charge on any atom is -0.481 e. The van der Waals surface area contributed by atoms with Crippen molar-refractivity contribution in [3.63, 3.8) is 0 Å². The normalized spacial score (nSPS) is 12.9. The van der Waals surface area contributed by atoms with Gasteiger partial charge in [-0.05, 0) is 38.3 Å². The Hall–Kier alpha value is -1.33. The maximum Gasteiger partial charge on any atom is 0.216 e. The van der Waals surface area contributed by atoms with Crippen molar-refractivity contribution in [1.82, 2.24) is 15.1 Å². The first-order valence-corrected chi connectivity index (χ1v) is 8.56. The lowest BCUT2D eigenvalue weighted by atomic mass is 10.0. The Kier molecular flexibility index (Phi) is 5.29. The summed E-state index contributed by atoms with van der Waals surface area (Å²) < 4.78 is 7.37. The molecule has 122 valence electrons. The molecule has 22 heavy (non-hydrogen) atoms. The minimum atomic E-state index is 0.315. The second kappa shape index (κ2) is 6.84. The van der Waals surface area contributed by atoms with Gasteiger partial charge in [-0.1, -0.05) is 13.8 Å². The van der Waals surface area contributed by atoms with Crippen molar-refractivity contribution >= 4 is 11.3 Å². The molecule has 0 aromatic carbocycles. The Bertz CT molecular complexity index is 643. The molecule has 0 saturated heterocycles. The van der Waals surface area contributed by atoms with E-state index in [1.54, 1.807) is 7.11 Å². The van der Waals surface area contributed by atoms with Crippen molar-refractivity contribution in [2.75, 3.05) is 7.11 Å². The predicted octanol–water partition coefficient (Wildman–Crippen LogP) is 4.08. The fourth-order valence-corrected chi connectivity index (χ4v) is 3.93. The van der Waals surface area contributed by atoms with Crippen LogP contribution in [-0.4, -0.2) is 16.9 Å². The van der Waals surface area contributed by atoms with Gasteiger partial charge < -0.3 is 10.1 Å². The van der Waals surface area contributed by atoms with Crippen molar-refractivity contribution in [3.8, 4) is 5.88 Å². The summed E-state index contributed by atoms with van der Waals surface area (Å²) in [7, 11) is 3.64. The lowest BCUT2D eigenvalue weighted by Crippen LogP contribution is -2.19. The first kappa shape index (κ1) is 17.0. The summed E-state index contributed by atoms with van der Waals surface area (Å²) in [6.07, 6.45) is 0. The third-order valence-corrected chi connectivity index (χ3v) is 4.97. The van der Waals surface area contributed by atoms with Crippen LogP contribution in [0.25, 0.3) is 0 Å². The van der Waals surface area contributed by atoms with Gasteiger partial charge >= 0.3 is 0 Å². The van der Waals surface area contributed by atoms with Crippen LogP contribution in [0.2, 0.25) is 0 Å². The molecule has 0 fully saturated rings. The molecule has 1 N–H and O–H groups in total. The van der Waals surface area contributed by atoms with E-state index in [-0.39, 0.29) is 0 Å². The highest BCUT2D eigenvalue weighted by Crippen LogP contribution is 2.29. The SMILES string of the molecule is COc1c(CN[C@H](C)c2cc(C)sc2C)c(C(C)C)nn1C. The highest BCUT2D eigenvalue weighted by Gasteiger charge is 2.20. The number of ether oxygens (including phenoxy) is 1. The van der Waals surface area contributed by atoms with Crippen LogP contribution in [0.5, 0.6) is 5.88 Å². The maximum absolute atomic E-state index is 5.54. The molecule has 0 aliphatic carbocycles.